The van der Waals surface area contributed by atoms with Gasteiger partial charge in [0.15, 0.2) is 0 Å². The number of carbonyl (C=O) groups is 1. The second-order valence-electron chi connectivity index (χ2n) is 4.95. The minimum Gasteiger partial charge on any atom is -0.772 e. The average molecular weight is 271 g/mol. The van der Waals surface area contributed by atoms with Crippen LogP contribution in [0.25, 0.3) is 0 Å². The van der Waals surface area contributed by atoms with Crippen LogP contribution < -0.4 is 29.6 Å². The van der Waals surface area contributed by atoms with Crippen LogP contribution in [-0.2, 0) is 15.8 Å². The van der Waals surface area contributed by atoms with Crippen molar-refractivity contribution < 1.29 is 47.9 Å². The molecule has 1 heterocycles. The molecule has 94 valence electrons. The Balaban J connectivity index is 0.00000256. The SMILES string of the molecule is CC(C)(C)OC(=O)N1CCC[C@@H](S(=O)[O-])C1.[Na+]. The first-order chi connectivity index (χ1) is 7.29. The number of hydrogen-bond acceptors (Lipinski definition) is 4. The summed E-state index contributed by atoms with van der Waals surface area (Å²) in [5, 5.41) is -0.457. The fourth-order valence-electron chi connectivity index (χ4n) is 1.59. The first kappa shape index (κ1) is 17.4. The molecule has 1 aliphatic rings. The standard InChI is InChI=1S/C10H19NO4S.Na/c1-10(2,3)15-9(12)11-6-4-5-8(7-11)16(13)14;/h8H,4-7H2,1-3H3,(H,13,14);/q;+1/p-1/t8-;/m1./s1. The van der Waals surface area contributed by atoms with Crippen LogP contribution in [0.1, 0.15) is 33.6 Å². The summed E-state index contributed by atoms with van der Waals surface area (Å²) in [6, 6.07) is 0. The van der Waals surface area contributed by atoms with Crippen molar-refractivity contribution in [3.63, 3.8) is 0 Å². The third kappa shape index (κ3) is 6.20. The van der Waals surface area contributed by atoms with Gasteiger partial charge in [-0.1, -0.05) is 11.1 Å². The van der Waals surface area contributed by atoms with E-state index in [1.54, 1.807) is 20.8 Å². The molecule has 17 heavy (non-hydrogen) atoms. The number of piperidine rings is 1. The molecule has 2 atom stereocenters. The summed E-state index contributed by atoms with van der Waals surface area (Å²) in [4.78, 5) is 13.2. The average Bonchev–Trinajstić information content (AvgIpc) is 2.15. The molecule has 1 saturated heterocycles. The van der Waals surface area contributed by atoms with Crippen LogP contribution in [0.4, 0.5) is 4.79 Å². The molecule has 1 fully saturated rings. The number of likely N-dealkylation sites (tertiary alicyclic amines) is 1. The third-order valence-corrected chi connectivity index (χ3v) is 3.23. The van der Waals surface area contributed by atoms with Gasteiger partial charge in [0.05, 0.1) is 0 Å². The summed E-state index contributed by atoms with van der Waals surface area (Å²) < 4.78 is 26.8. The van der Waals surface area contributed by atoms with Crippen LogP contribution in [0.3, 0.4) is 0 Å². The number of nitrogens with zero attached hydrogens (tertiary/aromatic N) is 1. The van der Waals surface area contributed by atoms with Gasteiger partial charge >= 0.3 is 35.7 Å². The zero-order chi connectivity index (χ0) is 12.3. The van der Waals surface area contributed by atoms with Crippen LogP contribution in [-0.4, -0.2) is 43.7 Å². The molecule has 5 nitrogen and oxygen atoms in total. The van der Waals surface area contributed by atoms with E-state index in [9.17, 15) is 13.6 Å². The summed E-state index contributed by atoms with van der Waals surface area (Å²) in [5.74, 6) is 0. The van der Waals surface area contributed by atoms with Crippen molar-refractivity contribution in [3.8, 4) is 0 Å². The fraction of sp³-hybridized carbons (Fsp3) is 0.900. The second-order valence-corrected chi connectivity index (χ2v) is 6.14. The van der Waals surface area contributed by atoms with Crippen LogP contribution >= 0.6 is 0 Å². The Hall–Kier alpha value is 0.380. The van der Waals surface area contributed by atoms with Crippen molar-refractivity contribution in [2.45, 2.75) is 44.5 Å². The number of rotatable bonds is 1. The van der Waals surface area contributed by atoms with Crippen LogP contribution in [0.2, 0.25) is 0 Å². The summed E-state index contributed by atoms with van der Waals surface area (Å²) in [6.45, 7) is 6.18. The fourth-order valence-corrected chi connectivity index (χ4v) is 2.25. The molecule has 0 aromatic rings. The molecule has 0 spiro atoms. The summed E-state index contributed by atoms with van der Waals surface area (Å²) in [6.07, 6.45) is 0.899. The maximum absolute atomic E-state index is 11.7. The van der Waals surface area contributed by atoms with Crippen molar-refractivity contribution in [2.75, 3.05) is 13.1 Å². The van der Waals surface area contributed by atoms with Gasteiger partial charge < -0.3 is 14.2 Å². The van der Waals surface area contributed by atoms with Gasteiger partial charge in [0.2, 0.25) is 0 Å². The summed E-state index contributed by atoms with van der Waals surface area (Å²) in [5.41, 5.74) is -0.541. The Morgan fingerprint density at radius 3 is 2.53 bits per heavy atom. The molecule has 1 unspecified atom stereocenters. The van der Waals surface area contributed by atoms with Gasteiger partial charge in [0.25, 0.3) is 0 Å². The van der Waals surface area contributed by atoms with Gasteiger partial charge in [-0.05, 0) is 33.6 Å². The number of hydrogen-bond donors (Lipinski definition) is 0. The number of carbonyl (C=O) groups excluding carboxylic acids is 1. The van der Waals surface area contributed by atoms with Gasteiger partial charge in [-0.25, -0.2) is 4.79 Å². The van der Waals surface area contributed by atoms with E-state index in [0.29, 0.717) is 19.4 Å². The number of amides is 1. The van der Waals surface area contributed by atoms with Gasteiger partial charge in [-0.2, -0.15) is 0 Å². The summed E-state index contributed by atoms with van der Waals surface area (Å²) in [7, 11) is 0. The maximum atomic E-state index is 11.7. The normalized spacial score (nSPS) is 22.6. The minimum absolute atomic E-state index is 0. The van der Waals surface area contributed by atoms with Crippen molar-refractivity contribution in [3.05, 3.63) is 0 Å². The smallest absolute Gasteiger partial charge is 0.772 e. The van der Waals surface area contributed by atoms with E-state index in [1.807, 2.05) is 0 Å². The molecule has 1 aliphatic heterocycles. The van der Waals surface area contributed by atoms with E-state index in [0.717, 1.165) is 0 Å². The molecule has 0 aromatic heterocycles. The van der Waals surface area contributed by atoms with Gasteiger partial charge in [0.1, 0.15) is 5.60 Å². The molecule has 1 rings (SSSR count). The van der Waals surface area contributed by atoms with Gasteiger partial charge in [0, 0.05) is 18.3 Å². The quantitative estimate of drug-likeness (QED) is 0.420. The molecule has 0 radical (unpaired) electrons. The monoisotopic (exact) mass is 271 g/mol. The van der Waals surface area contributed by atoms with E-state index in [1.165, 1.54) is 4.90 Å². The van der Waals surface area contributed by atoms with E-state index in [2.05, 4.69) is 0 Å². The van der Waals surface area contributed by atoms with Crippen LogP contribution in [0.15, 0.2) is 0 Å². The molecule has 1 amide bonds. The number of ether oxygens (including phenoxy) is 1. The first-order valence-corrected chi connectivity index (χ1v) is 6.49. The predicted molar refractivity (Wildman–Crippen MR) is 59.7 cm³/mol. The van der Waals surface area contributed by atoms with E-state index >= 15 is 0 Å². The molecule has 0 aromatic carbocycles. The molecule has 0 bridgehead atoms. The van der Waals surface area contributed by atoms with Crippen molar-refractivity contribution in [1.82, 2.24) is 4.90 Å². The Morgan fingerprint density at radius 1 is 1.47 bits per heavy atom. The third-order valence-electron chi connectivity index (χ3n) is 2.30. The van der Waals surface area contributed by atoms with E-state index < -0.39 is 28.0 Å². The minimum atomic E-state index is -2.11. The maximum Gasteiger partial charge on any atom is 1.00 e. The van der Waals surface area contributed by atoms with E-state index in [-0.39, 0.29) is 36.1 Å². The molecular weight excluding hydrogens is 253 g/mol. The molecule has 7 heteroatoms. The van der Waals surface area contributed by atoms with Crippen LogP contribution in [0.5, 0.6) is 0 Å². The van der Waals surface area contributed by atoms with Crippen molar-refractivity contribution >= 4 is 17.2 Å². The second kappa shape index (κ2) is 7.09. The summed E-state index contributed by atoms with van der Waals surface area (Å²) >= 11 is -2.11. The van der Waals surface area contributed by atoms with E-state index in [4.69, 9.17) is 4.74 Å². The van der Waals surface area contributed by atoms with Gasteiger partial charge in [-0.15, -0.1) is 0 Å². The van der Waals surface area contributed by atoms with Crippen LogP contribution in [0, 0.1) is 0 Å². The zero-order valence-corrected chi connectivity index (χ0v) is 13.7. The van der Waals surface area contributed by atoms with Crippen molar-refractivity contribution in [1.29, 1.82) is 0 Å². The van der Waals surface area contributed by atoms with Crippen molar-refractivity contribution in [2.24, 2.45) is 0 Å². The zero-order valence-electron chi connectivity index (χ0n) is 10.9. The molecular formula is C10H18NNaO4S. The topological polar surface area (TPSA) is 69.7 Å². The first-order valence-electron chi connectivity index (χ1n) is 5.35. The molecule has 0 aliphatic carbocycles. The van der Waals surface area contributed by atoms with Gasteiger partial charge in [-0.3, -0.25) is 4.21 Å². The molecule has 0 N–H and O–H groups in total. The Bertz CT molecular complexity index is 293. The predicted octanol–water partition coefficient (Wildman–Crippen LogP) is -1.73. The Kier molecular flexibility index (Phi) is 7.25. The largest absolute Gasteiger partial charge is 1.00 e. The Morgan fingerprint density at radius 2 is 2.06 bits per heavy atom. The molecule has 0 saturated carbocycles. The Labute approximate surface area is 127 Å².